The smallest absolute Gasteiger partial charge is 0.138 e. The van der Waals surface area contributed by atoms with Crippen LogP contribution < -0.4 is 5.32 Å². The van der Waals surface area contributed by atoms with Crippen LogP contribution in [0.1, 0.15) is 42.5 Å². The maximum atomic E-state index is 5.71. The average Bonchev–Trinajstić information content (AvgIpc) is 3.20. The van der Waals surface area contributed by atoms with E-state index in [-0.39, 0.29) is 0 Å². The lowest BCUT2D eigenvalue weighted by Crippen LogP contribution is -2.19. The summed E-state index contributed by atoms with van der Waals surface area (Å²) in [7, 11) is 0. The molecule has 1 atom stereocenters. The van der Waals surface area contributed by atoms with Gasteiger partial charge in [-0.15, -0.1) is 11.3 Å². The molecule has 2 aliphatic rings. The van der Waals surface area contributed by atoms with Gasteiger partial charge in [0.2, 0.25) is 0 Å². The molecule has 0 aromatic carbocycles. The van der Waals surface area contributed by atoms with E-state index in [1.54, 1.807) is 0 Å². The van der Waals surface area contributed by atoms with Crippen LogP contribution in [-0.2, 0) is 24.0 Å². The minimum Gasteiger partial charge on any atom is -0.376 e. The topological polar surface area (TPSA) is 47.0 Å². The zero-order chi connectivity index (χ0) is 14.2. The van der Waals surface area contributed by atoms with Gasteiger partial charge in [-0.2, -0.15) is 0 Å². The van der Waals surface area contributed by atoms with Gasteiger partial charge in [0.25, 0.3) is 0 Å². The first-order valence-corrected chi connectivity index (χ1v) is 8.83. The fourth-order valence-corrected chi connectivity index (χ4v) is 4.62. The van der Waals surface area contributed by atoms with Crippen molar-refractivity contribution in [1.82, 2.24) is 9.97 Å². The molecule has 4 nitrogen and oxygen atoms in total. The summed E-state index contributed by atoms with van der Waals surface area (Å²) in [4.78, 5) is 12.2. The van der Waals surface area contributed by atoms with Gasteiger partial charge in [-0.25, -0.2) is 9.97 Å². The Labute approximate surface area is 128 Å². The Morgan fingerprint density at radius 1 is 1.29 bits per heavy atom. The van der Waals surface area contributed by atoms with Gasteiger partial charge in [0.15, 0.2) is 0 Å². The summed E-state index contributed by atoms with van der Waals surface area (Å²) in [5.41, 5.74) is 1.49. The molecule has 5 heteroatoms. The Morgan fingerprint density at radius 3 is 3.05 bits per heavy atom. The SMILES string of the molecule is CCc1nc(NC[C@@H]2CCCO2)c2c3c(sc2n1)CCC3. The highest BCUT2D eigenvalue weighted by Gasteiger charge is 2.23. The van der Waals surface area contributed by atoms with Crippen LogP contribution in [0.2, 0.25) is 0 Å². The molecule has 21 heavy (non-hydrogen) atoms. The Bertz CT molecular complexity index is 661. The van der Waals surface area contributed by atoms with Crippen molar-refractivity contribution in [1.29, 1.82) is 0 Å². The van der Waals surface area contributed by atoms with Crippen LogP contribution in [0.25, 0.3) is 10.2 Å². The van der Waals surface area contributed by atoms with Gasteiger partial charge in [0.05, 0.1) is 11.5 Å². The van der Waals surface area contributed by atoms with Crippen LogP contribution in [0, 0.1) is 0 Å². The van der Waals surface area contributed by atoms with Crippen molar-refractivity contribution >= 4 is 27.4 Å². The molecule has 1 saturated heterocycles. The van der Waals surface area contributed by atoms with Crippen LogP contribution in [0.5, 0.6) is 0 Å². The van der Waals surface area contributed by atoms with E-state index in [0.29, 0.717) is 6.10 Å². The summed E-state index contributed by atoms with van der Waals surface area (Å²) in [5, 5.41) is 4.83. The summed E-state index contributed by atoms with van der Waals surface area (Å²) < 4.78 is 5.71. The van der Waals surface area contributed by atoms with Crippen molar-refractivity contribution in [3.8, 4) is 0 Å². The van der Waals surface area contributed by atoms with Gasteiger partial charge < -0.3 is 10.1 Å². The van der Waals surface area contributed by atoms with Crippen LogP contribution in [0.15, 0.2) is 0 Å². The first-order valence-electron chi connectivity index (χ1n) is 8.01. The second-order valence-corrected chi connectivity index (χ2v) is 6.98. The van der Waals surface area contributed by atoms with Gasteiger partial charge in [-0.05, 0) is 37.7 Å². The quantitative estimate of drug-likeness (QED) is 0.941. The maximum absolute atomic E-state index is 5.71. The monoisotopic (exact) mass is 303 g/mol. The standard InChI is InChI=1S/C16H21N3OS/c1-2-13-18-15(17-9-10-5-4-8-20-10)14-11-6-3-7-12(11)21-16(14)19-13/h10H,2-9H2,1H3,(H,17,18,19)/t10-/m0/s1. The fourth-order valence-electron chi connectivity index (χ4n) is 3.34. The number of hydrogen-bond acceptors (Lipinski definition) is 5. The highest BCUT2D eigenvalue weighted by atomic mass is 32.1. The fraction of sp³-hybridized carbons (Fsp3) is 0.625. The number of aromatic nitrogens is 2. The summed E-state index contributed by atoms with van der Waals surface area (Å²) >= 11 is 1.87. The van der Waals surface area contributed by atoms with Crippen molar-refractivity contribution in [3.05, 3.63) is 16.3 Å². The third kappa shape index (κ3) is 2.42. The Hall–Kier alpha value is -1.20. The molecule has 0 radical (unpaired) electrons. The summed E-state index contributed by atoms with van der Waals surface area (Å²) in [6.45, 7) is 3.88. The summed E-state index contributed by atoms with van der Waals surface area (Å²) in [6, 6.07) is 0. The van der Waals surface area contributed by atoms with Crippen LogP contribution in [-0.4, -0.2) is 29.2 Å². The van der Waals surface area contributed by atoms with E-state index >= 15 is 0 Å². The lowest BCUT2D eigenvalue weighted by atomic mass is 10.2. The summed E-state index contributed by atoms with van der Waals surface area (Å²) in [6.07, 6.45) is 7.22. The molecule has 2 aromatic heterocycles. The van der Waals surface area contributed by atoms with Gasteiger partial charge in [-0.3, -0.25) is 0 Å². The number of aryl methyl sites for hydroxylation is 3. The van der Waals surface area contributed by atoms with E-state index in [2.05, 4.69) is 12.2 Å². The van der Waals surface area contributed by atoms with Crippen molar-refractivity contribution in [2.24, 2.45) is 0 Å². The molecule has 2 aromatic rings. The second kappa shape index (κ2) is 5.54. The second-order valence-electron chi connectivity index (χ2n) is 5.90. The molecule has 0 bridgehead atoms. The number of rotatable bonds is 4. The number of anilines is 1. The van der Waals surface area contributed by atoms with E-state index in [0.717, 1.165) is 37.6 Å². The number of thiophene rings is 1. The molecule has 0 amide bonds. The molecule has 1 aliphatic carbocycles. The van der Waals surface area contributed by atoms with E-state index in [1.807, 2.05) is 11.3 Å². The van der Waals surface area contributed by atoms with Crippen LogP contribution in [0.4, 0.5) is 5.82 Å². The van der Waals surface area contributed by atoms with Gasteiger partial charge >= 0.3 is 0 Å². The molecule has 1 aliphatic heterocycles. The van der Waals surface area contributed by atoms with Crippen molar-refractivity contribution < 1.29 is 4.74 Å². The zero-order valence-electron chi connectivity index (χ0n) is 12.4. The van der Waals surface area contributed by atoms with Crippen LogP contribution in [0.3, 0.4) is 0 Å². The zero-order valence-corrected chi connectivity index (χ0v) is 13.3. The van der Waals surface area contributed by atoms with Crippen molar-refractivity contribution in [2.45, 2.75) is 51.6 Å². The maximum Gasteiger partial charge on any atom is 0.138 e. The van der Waals surface area contributed by atoms with E-state index < -0.39 is 0 Å². The number of nitrogens with one attached hydrogen (secondary N) is 1. The number of nitrogens with zero attached hydrogens (tertiary/aromatic N) is 2. The van der Waals surface area contributed by atoms with E-state index in [9.17, 15) is 0 Å². The third-order valence-corrected chi connectivity index (χ3v) is 5.63. The molecular formula is C16H21N3OS. The number of fused-ring (bicyclic) bond motifs is 3. The van der Waals surface area contributed by atoms with Crippen molar-refractivity contribution in [3.63, 3.8) is 0 Å². The number of hydrogen-bond donors (Lipinski definition) is 1. The Balaban J connectivity index is 1.70. The molecule has 0 unspecified atom stereocenters. The highest BCUT2D eigenvalue weighted by Crippen LogP contribution is 2.39. The predicted molar refractivity (Wildman–Crippen MR) is 86.3 cm³/mol. The number of ether oxygens (including phenoxy) is 1. The lowest BCUT2D eigenvalue weighted by molar-refractivity contribution is 0.120. The first kappa shape index (κ1) is 13.5. The highest BCUT2D eigenvalue weighted by molar-refractivity contribution is 7.19. The van der Waals surface area contributed by atoms with Gasteiger partial charge in [0.1, 0.15) is 16.5 Å². The van der Waals surface area contributed by atoms with Crippen molar-refractivity contribution in [2.75, 3.05) is 18.5 Å². The average molecular weight is 303 g/mol. The first-order chi connectivity index (χ1) is 10.3. The van der Waals surface area contributed by atoms with Gasteiger partial charge in [-0.1, -0.05) is 6.92 Å². The normalized spacial score (nSPS) is 21.1. The van der Waals surface area contributed by atoms with E-state index in [1.165, 1.54) is 46.3 Å². The Morgan fingerprint density at radius 2 is 2.24 bits per heavy atom. The molecule has 4 rings (SSSR count). The molecule has 1 N–H and O–H groups in total. The molecule has 0 saturated carbocycles. The lowest BCUT2D eigenvalue weighted by Gasteiger charge is -2.13. The third-order valence-electron chi connectivity index (χ3n) is 4.45. The predicted octanol–water partition coefficient (Wildman–Crippen LogP) is 3.33. The molecule has 112 valence electrons. The molecule has 0 spiro atoms. The van der Waals surface area contributed by atoms with Gasteiger partial charge in [0, 0.05) is 24.4 Å². The largest absolute Gasteiger partial charge is 0.376 e. The van der Waals surface area contributed by atoms with Crippen LogP contribution >= 0.6 is 11.3 Å². The minimum atomic E-state index is 0.340. The Kier molecular flexibility index (Phi) is 3.55. The molecular weight excluding hydrogens is 282 g/mol. The molecule has 1 fully saturated rings. The summed E-state index contributed by atoms with van der Waals surface area (Å²) in [5.74, 6) is 1.98. The molecule has 3 heterocycles. The van der Waals surface area contributed by atoms with E-state index in [4.69, 9.17) is 14.7 Å². The minimum absolute atomic E-state index is 0.340.